The van der Waals surface area contributed by atoms with Crippen molar-refractivity contribution < 1.29 is 15.0 Å². The Morgan fingerprint density at radius 1 is 1.17 bits per heavy atom. The van der Waals surface area contributed by atoms with Crippen molar-refractivity contribution in [2.75, 3.05) is 0 Å². The Morgan fingerprint density at radius 2 is 1.67 bits per heavy atom. The van der Waals surface area contributed by atoms with Gasteiger partial charge in [-0.3, -0.25) is 4.79 Å². The van der Waals surface area contributed by atoms with E-state index in [1.54, 1.807) is 0 Å². The minimum absolute atomic E-state index is 0.137. The van der Waals surface area contributed by atoms with Gasteiger partial charge in [0.1, 0.15) is 11.5 Å². The Morgan fingerprint density at radius 3 is 2.08 bits per heavy atom. The molecule has 1 aromatic rings. The topological polar surface area (TPSA) is 87.0 Å². The van der Waals surface area contributed by atoms with Crippen molar-refractivity contribution in [2.24, 2.45) is 5.18 Å². The molecule has 0 saturated heterocycles. The van der Waals surface area contributed by atoms with Crippen LogP contribution in [0.3, 0.4) is 0 Å². The SMILES string of the molecule is O=NC(=O)c1cc(O)cc(O)c1. The van der Waals surface area contributed by atoms with Crippen LogP contribution in [0.15, 0.2) is 23.4 Å². The van der Waals surface area contributed by atoms with Crippen LogP contribution in [0.1, 0.15) is 10.4 Å². The summed E-state index contributed by atoms with van der Waals surface area (Å²) in [6, 6.07) is 3.13. The first-order valence-corrected chi connectivity index (χ1v) is 3.04. The van der Waals surface area contributed by atoms with Gasteiger partial charge in [0.25, 0.3) is 0 Å². The Labute approximate surface area is 67.2 Å². The van der Waals surface area contributed by atoms with Crippen LogP contribution in [0.2, 0.25) is 0 Å². The van der Waals surface area contributed by atoms with E-state index in [0.717, 1.165) is 18.2 Å². The summed E-state index contributed by atoms with van der Waals surface area (Å²) in [5.74, 6) is -1.61. The van der Waals surface area contributed by atoms with Gasteiger partial charge >= 0.3 is 5.91 Å². The van der Waals surface area contributed by atoms with E-state index in [2.05, 4.69) is 5.18 Å². The molecule has 5 nitrogen and oxygen atoms in total. The lowest BCUT2D eigenvalue weighted by atomic mass is 10.2. The quantitative estimate of drug-likeness (QED) is 0.611. The largest absolute Gasteiger partial charge is 0.508 e. The van der Waals surface area contributed by atoms with Crippen molar-refractivity contribution in [2.45, 2.75) is 0 Å². The second kappa shape index (κ2) is 3.00. The number of nitroso groups, excluding NO2 is 1. The molecule has 0 aliphatic heterocycles. The molecule has 0 fully saturated rings. The van der Waals surface area contributed by atoms with Crippen molar-refractivity contribution in [1.82, 2.24) is 0 Å². The van der Waals surface area contributed by atoms with Gasteiger partial charge in [0.15, 0.2) is 0 Å². The van der Waals surface area contributed by atoms with E-state index in [0.29, 0.717) is 0 Å². The first-order valence-electron chi connectivity index (χ1n) is 3.04. The number of phenols is 2. The lowest BCUT2D eigenvalue weighted by Crippen LogP contribution is -1.92. The molecule has 0 aromatic heterocycles. The molecule has 1 amide bonds. The predicted molar refractivity (Wildman–Crippen MR) is 39.9 cm³/mol. The Balaban J connectivity index is 3.17. The fourth-order valence-electron chi connectivity index (χ4n) is 0.771. The predicted octanol–water partition coefficient (Wildman–Crippen LogP) is 1.00. The van der Waals surface area contributed by atoms with Crippen LogP contribution in [-0.2, 0) is 0 Å². The highest BCUT2D eigenvalue weighted by molar-refractivity contribution is 5.95. The van der Waals surface area contributed by atoms with Crippen LogP contribution in [0, 0.1) is 4.91 Å². The van der Waals surface area contributed by atoms with Gasteiger partial charge in [-0.15, -0.1) is 4.91 Å². The molecule has 0 atom stereocenters. The summed E-state index contributed by atoms with van der Waals surface area (Å²) in [7, 11) is 0. The monoisotopic (exact) mass is 167 g/mol. The average Bonchev–Trinajstić information content (AvgIpc) is 2.01. The third-order valence-corrected chi connectivity index (χ3v) is 1.23. The van der Waals surface area contributed by atoms with Crippen molar-refractivity contribution in [1.29, 1.82) is 0 Å². The standard InChI is InChI=1S/C7H5NO4/c9-5-1-4(7(11)8-12)2-6(10)3-5/h1-3,9-10H. The van der Waals surface area contributed by atoms with Crippen LogP contribution in [0.25, 0.3) is 0 Å². The highest BCUT2D eigenvalue weighted by Crippen LogP contribution is 2.20. The maximum atomic E-state index is 10.6. The van der Waals surface area contributed by atoms with Crippen molar-refractivity contribution >= 4 is 5.91 Å². The summed E-state index contributed by atoms with van der Waals surface area (Å²) < 4.78 is 0. The number of aromatic hydroxyl groups is 2. The molecule has 62 valence electrons. The lowest BCUT2D eigenvalue weighted by molar-refractivity contribution is 0.1000. The maximum absolute atomic E-state index is 10.6. The Hall–Kier alpha value is -1.91. The van der Waals surface area contributed by atoms with Gasteiger partial charge < -0.3 is 10.2 Å². The number of rotatable bonds is 1. The fraction of sp³-hybridized carbons (Fsp3) is 0. The molecule has 1 rings (SSSR count). The number of hydrogen-bond acceptors (Lipinski definition) is 4. The fourth-order valence-corrected chi connectivity index (χ4v) is 0.771. The van der Waals surface area contributed by atoms with Gasteiger partial charge in [0.2, 0.25) is 0 Å². The zero-order valence-corrected chi connectivity index (χ0v) is 5.89. The first kappa shape index (κ1) is 8.19. The highest BCUT2D eigenvalue weighted by Gasteiger charge is 2.07. The summed E-state index contributed by atoms with van der Waals surface area (Å²) in [6.45, 7) is 0. The first-order chi connectivity index (χ1) is 5.63. The minimum atomic E-state index is -1.03. The zero-order chi connectivity index (χ0) is 9.14. The molecule has 0 saturated carbocycles. The molecular formula is C7H5NO4. The van der Waals surface area contributed by atoms with Crippen LogP contribution >= 0.6 is 0 Å². The van der Waals surface area contributed by atoms with E-state index in [1.165, 1.54) is 0 Å². The molecule has 0 bridgehead atoms. The maximum Gasteiger partial charge on any atom is 0.317 e. The molecule has 0 aliphatic rings. The summed E-state index contributed by atoms with van der Waals surface area (Å²) in [6.07, 6.45) is 0. The van der Waals surface area contributed by atoms with Crippen LogP contribution in [-0.4, -0.2) is 16.1 Å². The number of phenolic OH excluding ortho intramolecular Hbond substituents is 2. The van der Waals surface area contributed by atoms with E-state index in [-0.39, 0.29) is 17.1 Å². The summed E-state index contributed by atoms with van der Waals surface area (Å²) in [5.41, 5.74) is -0.137. The normalized spacial score (nSPS) is 9.33. The second-order valence-electron chi connectivity index (χ2n) is 2.13. The third kappa shape index (κ3) is 1.57. The lowest BCUT2D eigenvalue weighted by Gasteiger charge is -1.96. The molecule has 1 aromatic carbocycles. The molecule has 0 spiro atoms. The highest BCUT2D eigenvalue weighted by atomic mass is 16.3. The molecule has 5 heteroatoms. The molecule has 2 N–H and O–H groups in total. The Bertz CT molecular complexity index is 314. The summed E-state index contributed by atoms with van der Waals surface area (Å²) >= 11 is 0. The number of benzene rings is 1. The smallest absolute Gasteiger partial charge is 0.317 e. The van der Waals surface area contributed by atoms with Crippen LogP contribution in [0.5, 0.6) is 11.5 Å². The zero-order valence-electron chi connectivity index (χ0n) is 5.89. The molecule has 0 aliphatic carbocycles. The van der Waals surface area contributed by atoms with E-state index >= 15 is 0 Å². The number of nitrogens with zero attached hydrogens (tertiary/aromatic N) is 1. The molecule has 0 radical (unpaired) electrons. The van der Waals surface area contributed by atoms with Gasteiger partial charge in [-0.2, -0.15) is 0 Å². The average molecular weight is 167 g/mol. The minimum Gasteiger partial charge on any atom is -0.508 e. The summed E-state index contributed by atoms with van der Waals surface area (Å²) in [4.78, 5) is 20.4. The van der Waals surface area contributed by atoms with Gasteiger partial charge in [0.05, 0.1) is 5.56 Å². The van der Waals surface area contributed by atoms with Crippen molar-refractivity contribution in [3.63, 3.8) is 0 Å². The third-order valence-electron chi connectivity index (χ3n) is 1.23. The molecule has 12 heavy (non-hydrogen) atoms. The number of amides is 1. The van der Waals surface area contributed by atoms with Crippen LogP contribution in [0.4, 0.5) is 0 Å². The number of carbonyl (C=O) groups excluding carboxylic acids is 1. The van der Waals surface area contributed by atoms with Crippen molar-refractivity contribution in [3.8, 4) is 11.5 Å². The number of carbonyl (C=O) groups is 1. The van der Waals surface area contributed by atoms with Crippen LogP contribution < -0.4 is 0 Å². The molecule has 0 heterocycles. The Kier molecular flexibility index (Phi) is 2.05. The molecular weight excluding hydrogens is 162 g/mol. The van der Waals surface area contributed by atoms with E-state index in [1.807, 2.05) is 0 Å². The van der Waals surface area contributed by atoms with Gasteiger partial charge in [-0.1, -0.05) is 0 Å². The van der Waals surface area contributed by atoms with Crippen molar-refractivity contribution in [3.05, 3.63) is 28.7 Å². The van der Waals surface area contributed by atoms with Gasteiger partial charge in [-0.25, -0.2) is 0 Å². The van der Waals surface area contributed by atoms with E-state index < -0.39 is 5.91 Å². The number of hydrogen-bond donors (Lipinski definition) is 2. The molecule has 0 unspecified atom stereocenters. The van der Waals surface area contributed by atoms with Gasteiger partial charge in [-0.05, 0) is 12.1 Å². The van der Waals surface area contributed by atoms with E-state index in [4.69, 9.17) is 10.2 Å². The summed E-state index contributed by atoms with van der Waals surface area (Å²) in [5, 5.41) is 19.9. The van der Waals surface area contributed by atoms with E-state index in [9.17, 15) is 9.70 Å². The van der Waals surface area contributed by atoms with Gasteiger partial charge in [0, 0.05) is 11.2 Å². The second-order valence-corrected chi connectivity index (χ2v) is 2.13.